The van der Waals surface area contributed by atoms with Gasteiger partial charge in [0.2, 0.25) is 0 Å². The van der Waals surface area contributed by atoms with Crippen LogP contribution in [0.25, 0.3) is 0 Å². The molecule has 0 bridgehead atoms. The van der Waals surface area contributed by atoms with Crippen LogP contribution in [0.5, 0.6) is 0 Å². The van der Waals surface area contributed by atoms with E-state index in [4.69, 9.17) is 0 Å². The van der Waals surface area contributed by atoms with Gasteiger partial charge in [0.15, 0.2) is 0 Å². The van der Waals surface area contributed by atoms with Gasteiger partial charge in [-0.15, -0.1) is 0 Å². The molecule has 0 aliphatic carbocycles. The molecule has 0 aromatic carbocycles. The SMILES string of the molecule is C.CCC.CCC.CCC(C)=C(C)C. The van der Waals surface area contributed by atoms with Gasteiger partial charge in [0.1, 0.15) is 0 Å². The summed E-state index contributed by atoms with van der Waals surface area (Å²) in [7, 11) is 0. The van der Waals surface area contributed by atoms with E-state index in [1.54, 1.807) is 0 Å². The van der Waals surface area contributed by atoms with Gasteiger partial charge in [-0.2, -0.15) is 0 Å². The topological polar surface area (TPSA) is 0 Å². The Morgan fingerprint density at radius 2 is 0.929 bits per heavy atom. The maximum absolute atomic E-state index is 2.18. The van der Waals surface area contributed by atoms with E-state index in [0.717, 1.165) is 0 Å². The van der Waals surface area contributed by atoms with Crippen LogP contribution in [0.1, 0.15) is 82.1 Å². The summed E-state index contributed by atoms with van der Waals surface area (Å²) < 4.78 is 0. The van der Waals surface area contributed by atoms with Crippen molar-refractivity contribution in [3.8, 4) is 0 Å². The Balaban J connectivity index is -0.0000000610. The lowest BCUT2D eigenvalue weighted by Gasteiger charge is -1.94. The molecule has 0 unspecified atom stereocenters. The largest absolute Gasteiger partial charge is 0.0776 e. The van der Waals surface area contributed by atoms with Crippen LogP contribution in [0.4, 0.5) is 0 Å². The minimum Gasteiger partial charge on any atom is -0.0776 e. The zero-order valence-corrected chi connectivity index (χ0v) is 11.1. The molecule has 0 atom stereocenters. The van der Waals surface area contributed by atoms with Crippen LogP contribution in [-0.4, -0.2) is 0 Å². The molecule has 0 heteroatoms. The molecule has 90 valence electrons. The highest BCUT2D eigenvalue weighted by Gasteiger charge is 1.82. The third-order valence-corrected chi connectivity index (χ3v) is 1.38. The van der Waals surface area contributed by atoms with E-state index in [0.29, 0.717) is 0 Å². The predicted molar refractivity (Wildman–Crippen MR) is 73.0 cm³/mol. The highest BCUT2D eigenvalue weighted by molar-refractivity contribution is 5.05. The summed E-state index contributed by atoms with van der Waals surface area (Å²) in [6.07, 6.45) is 3.70. The number of hydrogen-bond donors (Lipinski definition) is 0. The smallest absolute Gasteiger partial charge is 0.0349 e. The Kier molecular flexibility index (Phi) is 38.6. The van der Waals surface area contributed by atoms with Gasteiger partial charge >= 0.3 is 0 Å². The van der Waals surface area contributed by atoms with Crippen molar-refractivity contribution in [2.75, 3.05) is 0 Å². The summed E-state index contributed by atoms with van der Waals surface area (Å²) in [5.74, 6) is 0. The highest BCUT2D eigenvalue weighted by atomic mass is 13.9. The molecule has 0 fully saturated rings. The molecule has 0 radical (unpaired) electrons. The second-order valence-corrected chi connectivity index (χ2v) is 3.55. The van der Waals surface area contributed by atoms with Crippen molar-refractivity contribution in [1.29, 1.82) is 0 Å². The first-order chi connectivity index (χ1) is 6.01. The Labute approximate surface area is 93.8 Å². The third-order valence-electron chi connectivity index (χ3n) is 1.38. The van der Waals surface area contributed by atoms with Crippen LogP contribution in [0.2, 0.25) is 0 Å². The molecule has 0 saturated heterocycles. The number of allylic oxidation sites excluding steroid dienone is 2. The van der Waals surface area contributed by atoms with E-state index < -0.39 is 0 Å². The summed E-state index contributed by atoms with van der Waals surface area (Å²) >= 11 is 0. The molecule has 0 spiro atoms. The van der Waals surface area contributed by atoms with Crippen LogP contribution < -0.4 is 0 Å². The zero-order chi connectivity index (χ0) is 11.3. The van der Waals surface area contributed by atoms with E-state index in [1.807, 2.05) is 0 Å². The van der Waals surface area contributed by atoms with E-state index in [-0.39, 0.29) is 7.43 Å². The predicted octanol–water partition coefficient (Wildman–Crippen LogP) is 6.22. The van der Waals surface area contributed by atoms with Gasteiger partial charge in [-0.3, -0.25) is 0 Å². The van der Waals surface area contributed by atoms with E-state index >= 15 is 0 Å². The molecule has 0 amide bonds. The van der Waals surface area contributed by atoms with Gasteiger partial charge in [0.05, 0.1) is 0 Å². The van der Waals surface area contributed by atoms with Gasteiger partial charge in [0.25, 0.3) is 0 Å². The number of hydrogen-bond acceptors (Lipinski definition) is 0. The maximum Gasteiger partial charge on any atom is -0.0349 e. The number of rotatable bonds is 1. The zero-order valence-electron chi connectivity index (χ0n) is 11.1. The van der Waals surface area contributed by atoms with Crippen LogP contribution in [0.15, 0.2) is 11.1 Å². The van der Waals surface area contributed by atoms with E-state index in [2.05, 4.69) is 55.4 Å². The van der Waals surface area contributed by atoms with Crippen LogP contribution in [-0.2, 0) is 0 Å². The first-order valence-electron chi connectivity index (χ1n) is 5.64. The molecule has 0 nitrogen and oxygen atoms in total. The summed E-state index contributed by atoms with van der Waals surface area (Å²) in [4.78, 5) is 0. The van der Waals surface area contributed by atoms with Gasteiger partial charge in [0, 0.05) is 0 Å². The molecule has 0 aromatic rings. The molecule has 0 aliphatic heterocycles. The first-order valence-corrected chi connectivity index (χ1v) is 5.64. The lowest BCUT2D eigenvalue weighted by atomic mass is 10.1. The molecule has 0 N–H and O–H groups in total. The summed E-state index contributed by atoms with van der Waals surface area (Å²) in [6.45, 7) is 17.2. The van der Waals surface area contributed by atoms with Crippen molar-refractivity contribution >= 4 is 0 Å². The average Bonchev–Trinajstić information content (AvgIpc) is 2.05. The van der Waals surface area contributed by atoms with Crippen molar-refractivity contribution in [2.45, 2.75) is 82.1 Å². The first kappa shape index (κ1) is 23.5. The van der Waals surface area contributed by atoms with E-state index in [1.165, 1.54) is 30.4 Å². The van der Waals surface area contributed by atoms with Crippen LogP contribution in [0, 0.1) is 0 Å². The fraction of sp³-hybridized carbons (Fsp3) is 0.857. The quantitative estimate of drug-likeness (QED) is 0.443. The fourth-order valence-corrected chi connectivity index (χ4v) is 0.354. The second kappa shape index (κ2) is 23.0. The summed E-state index contributed by atoms with van der Waals surface area (Å²) in [6, 6.07) is 0. The molecule has 14 heavy (non-hydrogen) atoms. The van der Waals surface area contributed by atoms with Gasteiger partial charge in [-0.1, -0.05) is 66.0 Å². The van der Waals surface area contributed by atoms with Crippen molar-refractivity contribution in [1.82, 2.24) is 0 Å². The molecule has 0 aromatic heterocycles. The summed E-state index contributed by atoms with van der Waals surface area (Å²) in [5.41, 5.74) is 2.97. The van der Waals surface area contributed by atoms with Crippen LogP contribution in [0.3, 0.4) is 0 Å². The molecule has 0 aliphatic rings. The molecular formula is C14H34. The minimum atomic E-state index is 0. The monoisotopic (exact) mass is 202 g/mol. The highest BCUT2D eigenvalue weighted by Crippen LogP contribution is 2.04. The van der Waals surface area contributed by atoms with Gasteiger partial charge < -0.3 is 0 Å². The minimum absolute atomic E-state index is 0. The lowest BCUT2D eigenvalue weighted by Crippen LogP contribution is -1.73. The molecule has 0 saturated carbocycles. The van der Waals surface area contributed by atoms with E-state index in [9.17, 15) is 0 Å². The Morgan fingerprint density at radius 3 is 0.929 bits per heavy atom. The Morgan fingerprint density at radius 1 is 0.714 bits per heavy atom. The van der Waals surface area contributed by atoms with Crippen molar-refractivity contribution in [3.63, 3.8) is 0 Å². The normalized spacial score (nSPS) is 6.86. The van der Waals surface area contributed by atoms with Crippen molar-refractivity contribution in [3.05, 3.63) is 11.1 Å². The van der Waals surface area contributed by atoms with Gasteiger partial charge in [-0.05, 0) is 27.2 Å². The van der Waals surface area contributed by atoms with Crippen LogP contribution >= 0.6 is 0 Å². The maximum atomic E-state index is 2.18. The van der Waals surface area contributed by atoms with Crippen molar-refractivity contribution in [2.24, 2.45) is 0 Å². The van der Waals surface area contributed by atoms with Gasteiger partial charge in [-0.25, -0.2) is 0 Å². The molecule has 0 heterocycles. The average molecular weight is 202 g/mol. The second-order valence-electron chi connectivity index (χ2n) is 3.55. The van der Waals surface area contributed by atoms with Crippen molar-refractivity contribution < 1.29 is 0 Å². The molecular weight excluding hydrogens is 168 g/mol. The summed E-state index contributed by atoms with van der Waals surface area (Å²) in [5, 5.41) is 0. The molecule has 0 rings (SSSR count). The Hall–Kier alpha value is -0.260. The fourth-order valence-electron chi connectivity index (χ4n) is 0.354. The Bertz CT molecular complexity index is 92.6. The standard InChI is InChI=1S/C7H14.2C3H8.CH4/c1-5-7(4)6(2)3;2*1-3-2;/h5H2,1-4H3;2*3H2,1-2H3;1H4. The lowest BCUT2D eigenvalue weighted by molar-refractivity contribution is 1.05. The third kappa shape index (κ3) is 41.1.